The molecule has 0 aliphatic carbocycles. The molecule has 16 heavy (non-hydrogen) atoms. The molecule has 0 fully saturated rings. The van der Waals surface area contributed by atoms with Crippen molar-refractivity contribution < 1.29 is 13.2 Å². The van der Waals surface area contributed by atoms with Crippen molar-refractivity contribution in [2.45, 2.75) is 11.9 Å². The van der Waals surface area contributed by atoms with Gasteiger partial charge in [0.1, 0.15) is 0 Å². The first-order chi connectivity index (χ1) is 7.54. The molecule has 0 aromatic heterocycles. The molecule has 0 nitrogen and oxygen atoms in total. The summed E-state index contributed by atoms with van der Waals surface area (Å²) in [6.07, 6.45) is -4.31. The van der Waals surface area contributed by atoms with Crippen molar-refractivity contribution in [2.24, 2.45) is 0 Å². The third-order valence-corrected chi connectivity index (χ3v) is 2.83. The predicted molar refractivity (Wildman–Crippen MR) is 61.6 cm³/mol. The first kappa shape index (κ1) is 11.3. The van der Waals surface area contributed by atoms with Gasteiger partial charge in [0, 0.05) is 5.75 Å². The van der Waals surface area contributed by atoms with E-state index in [0.717, 1.165) is 11.6 Å². The first-order valence-corrected chi connectivity index (χ1v) is 5.36. The molecule has 0 aliphatic rings. The molecule has 0 saturated heterocycles. The van der Waals surface area contributed by atoms with Crippen LogP contribution in [0.15, 0.2) is 36.4 Å². The second-order valence-electron chi connectivity index (χ2n) is 3.47. The fourth-order valence-corrected chi connectivity index (χ4v) is 2.02. The van der Waals surface area contributed by atoms with Gasteiger partial charge in [-0.2, -0.15) is 25.8 Å². The number of halogens is 3. The van der Waals surface area contributed by atoms with Gasteiger partial charge in [-0.05, 0) is 22.4 Å². The quantitative estimate of drug-likeness (QED) is 0.708. The van der Waals surface area contributed by atoms with E-state index in [1.165, 1.54) is 12.1 Å². The lowest BCUT2D eigenvalue weighted by Gasteiger charge is -2.12. The molecule has 0 bridgehead atoms. The summed E-state index contributed by atoms with van der Waals surface area (Å²) in [4.78, 5) is 0. The van der Waals surface area contributed by atoms with Gasteiger partial charge in [-0.25, -0.2) is 0 Å². The van der Waals surface area contributed by atoms with Crippen LogP contribution in [0.25, 0.3) is 10.8 Å². The summed E-state index contributed by atoms with van der Waals surface area (Å²) in [6.45, 7) is 0. The molecular formula is C12H9F3S. The van der Waals surface area contributed by atoms with Crippen molar-refractivity contribution in [2.75, 3.05) is 0 Å². The number of hydrogen-bond acceptors (Lipinski definition) is 1. The van der Waals surface area contributed by atoms with Crippen molar-refractivity contribution in [3.05, 3.63) is 47.5 Å². The maximum atomic E-state index is 12.7. The fraction of sp³-hybridized carbons (Fsp3) is 0.167. The standard InChI is InChI=1S/C12H9F3S/c13-12(14,15)11-6-5-8(7-16)9-3-1-2-4-10(9)11/h1-6,16H,7H2. The van der Waals surface area contributed by atoms with Gasteiger partial charge in [0.15, 0.2) is 0 Å². The fourth-order valence-electron chi connectivity index (χ4n) is 1.75. The molecule has 84 valence electrons. The van der Waals surface area contributed by atoms with Gasteiger partial charge in [0.2, 0.25) is 0 Å². The first-order valence-electron chi connectivity index (χ1n) is 4.72. The number of alkyl halides is 3. The summed E-state index contributed by atoms with van der Waals surface area (Å²) < 4.78 is 38.2. The monoisotopic (exact) mass is 242 g/mol. The van der Waals surface area contributed by atoms with E-state index in [4.69, 9.17) is 0 Å². The summed E-state index contributed by atoms with van der Waals surface area (Å²) in [5.74, 6) is 0.429. The number of fused-ring (bicyclic) bond motifs is 1. The Morgan fingerprint density at radius 1 is 0.938 bits per heavy atom. The second-order valence-corrected chi connectivity index (χ2v) is 3.79. The van der Waals surface area contributed by atoms with E-state index in [1.807, 2.05) is 0 Å². The van der Waals surface area contributed by atoms with Gasteiger partial charge < -0.3 is 0 Å². The van der Waals surface area contributed by atoms with Crippen LogP contribution in [0, 0.1) is 0 Å². The van der Waals surface area contributed by atoms with Gasteiger partial charge in [0.05, 0.1) is 5.56 Å². The summed E-state index contributed by atoms with van der Waals surface area (Å²) in [6, 6.07) is 9.13. The maximum absolute atomic E-state index is 12.7. The van der Waals surface area contributed by atoms with Gasteiger partial charge >= 0.3 is 6.18 Å². The van der Waals surface area contributed by atoms with Crippen LogP contribution in [-0.2, 0) is 11.9 Å². The zero-order valence-electron chi connectivity index (χ0n) is 8.25. The van der Waals surface area contributed by atoms with Gasteiger partial charge in [0.25, 0.3) is 0 Å². The van der Waals surface area contributed by atoms with E-state index in [2.05, 4.69) is 12.6 Å². The van der Waals surface area contributed by atoms with E-state index in [-0.39, 0.29) is 5.39 Å². The third kappa shape index (κ3) is 1.89. The Kier molecular flexibility index (Phi) is 2.84. The number of benzene rings is 2. The average molecular weight is 242 g/mol. The number of rotatable bonds is 1. The van der Waals surface area contributed by atoms with Gasteiger partial charge in [-0.3, -0.25) is 0 Å². The van der Waals surface area contributed by atoms with Crippen molar-refractivity contribution >= 4 is 23.4 Å². The van der Waals surface area contributed by atoms with Crippen molar-refractivity contribution in [3.8, 4) is 0 Å². The Labute approximate surface area is 96.5 Å². The highest BCUT2D eigenvalue weighted by atomic mass is 32.1. The molecular weight excluding hydrogens is 233 g/mol. The van der Waals surface area contributed by atoms with E-state index in [1.54, 1.807) is 18.2 Å². The van der Waals surface area contributed by atoms with Crippen LogP contribution in [0.2, 0.25) is 0 Å². The molecule has 0 N–H and O–H groups in total. The van der Waals surface area contributed by atoms with Crippen LogP contribution in [-0.4, -0.2) is 0 Å². The SMILES string of the molecule is FC(F)(F)c1ccc(CS)c2ccccc12. The zero-order chi connectivity index (χ0) is 11.8. The molecule has 0 saturated carbocycles. The lowest BCUT2D eigenvalue weighted by molar-refractivity contribution is -0.136. The van der Waals surface area contributed by atoms with E-state index < -0.39 is 11.7 Å². The molecule has 4 heteroatoms. The topological polar surface area (TPSA) is 0 Å². The lowest BCUT2D eigenvalue weighted by atomic mass is 10.00. The second kappa shape index (κ2) is 4.01. The molecule has 0 heterocycles. The molecule has 0 unspecified atom stereocenters. The number of hydrogen-bond donors (Lipinski definition) is 1. The Balaban J connectivity index is 2.80. The minimum absolute atomic E-state index is 0.238. The van der Waals surface area contributed by atoms with Crippen molar-refractivity contribution in [1.82, 2.24) is 0 Å². The maximum Gasteiger partial charge on any atom is 0.417 e. The summed E-state index contributed by atoms with van der Waals surface area (Å²) in [7, 11) is 0. The van der Waals surface area contributed by atoms with E-state index in [9.17, 15) is 13.2 Å². The largest absolute Gasteiger partial charge is 0.417 e. The summed E-state index contributed by atoms with van der Waals surface area (Å²) in [5.41, 5.74) is 0.223. The zero-order valence-corrected chi connectivity index (χ0v) is 9.15. The minimum atomic E-state index is -4.31. The molecule has 0 aliphatic heterocycles. The normalized spacial score (nSPS) is 12.0. The Morgan fingerprint density at radius 2 is 1.56 bits per heavy atom. The van der Waals surface area contributed by atoms with Gasteiger partial charge in [-0.15, -0.1) is 0 Å². The molecule has 0 atom stereocenters. The smallest absolute Gasteiger partial charge is 0.175 e. The van der Waals surface area contributed by atoms with Crippen LogP contribution in [0.5, 0.6) is 0 Å². The van der Waals surface area contributed by atoms with E-state index in [0.29, 0.717) is 11.1 Å². The van der Waals surface area contributed by atoms with E-state index >= 15 is 0 Å². The highest BCUT2D eigenvalue weighted by molar-refractivity contribution is 7.79. The summed E-state index contributed by atoms with van der Waals surface area (Å²) in [5, 5.41) is 0.855. The molecule has 0 spiro atoms. The van der Waals surface area contributed by atoms with Crippen LogP contribution < -0.4 is 0 Å². The van der Waals surface area contributed by atoms with Crippen LogP contribution in [0.4, 0.5) is 13.2 Å². The minimum Gasteiger partial charge on any atom is -0.175 e. The van der Waals surface area contributed by atoms with Crippen molar-refractivity contribution in [1.29, 1.82) is 0 Å². The molecule has 0 radical (unpaired) electrons. The lowest BCUT2D eigenvalue weighted by Crippen LogP contribution is -2.06. The molecule has 2 aromatic rings. The van der Waals surface area contributed by atoms with Crippen LogP contribution in [0.1, 0.15) is 11.1 Å². The van der Waals surface area contributed by atoms with Crippen molar-refractivity contribution in [3.63, 3.8) is 0 Å². The Bertz CT molecular complexity index is 517. The molecule has 2 aromatic carbocycles. The Morgan fingerprint density at radius 3 is 2.12 bits per heavy atom. The molecule has 2 rings (SSSR count). The highest BCUT2D eigenvalue weighted by Crippen LogP contribution is 2.36. The Hall–Kier alpha value is -1.16. The predicted octanol–water partition coefficient (Wildman–Crippen LogP) is 4.29. The summed E-state index contributed by atoms with van der Waals surface area (Å²) >= 11 is 4.11. The van der Waals surface area contributed by atoms with Crippen LogP contribution in [0.3, 0.4) is 0 Å². The van der Waals surface area contributed by atoms with Gasteiger partial charge in [-0.1, -0.05) is 30.3 Å². The highest BCUT2D eigenvalue weighted by Gasteiger charge is 2.32. The third-order valence-electron chi connectivity index (χ3n) is 2.49. The number of thiol groups is 1. The molecule has 0 amide bonds. The average Bonchev–Trinajstić information content (AvgIpc) is 2.26. The van der Waals surface area contributed by atoms with Crippen LogP contribution >= 0.6 is 12.6 Å².